The number of carbonyl (C=O) groups excluding carboxylic acids is 1. The Morgan fingerprint density at radius 3 is 2.50 bits per heavy atom. The fourth-order valence-corrected chi connectivity index (χ4v) is 5.82. The zero-order chi connectivity index (χ0) is 25.4. The topological polar surface area (TPSA) is 67.8 Å². The van der Waals surface area contributed by atoms with E-state index in [1.165, 1.54) is 40.3 Å². The summed E-state index contributed by atoms with van der Waals surface area (Å²) in [6, 6.07) is 17.0. The summed E-state index contributed by atoms with van der Waals surface area (Å²) in [4.78, 5) is 11.7. The van der Waals surface area contributed by atoms with Gasteiger partial charge in [-0.25, -0.2) is 0 Å². The molecule has 0 heterocycles. The second-order valence-electron chi connectivity index (χ2n) is 10.4. The van der Waals surface area contributed by atoms with E-state index in [1.807, 2.05) is 12.1 Å². The van der Waals surface area contributed by atoms with Crippen LogP contribution in [-0.4, -0.2) is 24.3 Å². The van der Waals surface area contributed by atoms with Crippen LogP contribution >= 0.6 is 0 Å². The standard InChI is InChI=1S/C31H35NO4/c1-19-14-26(35-13-12-33)15-20(2)29(19)27-7-5-6-23(21(27)3)18-32-25-8-9-28-24(16-25)17-31(10-11-31)30(28)36-22(4)34/h5-9,14-16,30,32-33H,10-13,17-18H2,1-4H3. The Morgan fingerprint density at radius 1 is 1.08 bits per heavy atom. The van der Waals surface area contributed by atoms with E-state index in [9.17, 15) is 4.79 Å². The molecule has 5 rings (SSSR count). The molecule has 188 valence electrons. The number of anilines is 1. The highest BCUT2D eigenvalue weighted by molar-refractivity contribution is 5.75. The van der Waals surface area contributed by atoms with Crippen LogP contribution in [0.2, 0.25) is 0 Å². The molecule has 1 atom stereocenters. The quantitative estimate of drug-likeness (QED) is 0.372. The van der Waals surface area contributed by atoms with E-state index in [2.05, 4.69) is 62.5 Å². The molecule has 3 aromatic rings. The number of aliphatic hydroxyl groups excluding tert-OH is 1. The Bertz CT molecular complexity index is 1280. The lowest BCUT2D eigenvalue weighted by Gasteiger charge is -2.19. The van der Waals surface area contributed by atoms with E-state index >= 15 is 0 Å². The molecule has 1 saturated carbocycles. The number of rotatable bonds is 8. The normalized spacial score (nSPS) is 17.1. The van der Waals surface area contributed by atoms with Gasteiger partial charge in [-0.15, -0.1) is 0 Å². The first-order chi connectivity index (χ1) is 17.3. The van der Waals surface area contributed by atoms with Gasteiger partial charge in [-0.3, -0.25) is 4.79 Å². The molecule has 5 nitrogen and oxygen atoms in total. The fraction of sp³-hybridized carbons (Fsp3) is 0.387. The zero-order valence-corrected chi connectivity index (χ0v) is 21.6. The maximum Gasteiger partial charge on any atom is 0.303 e. The lowest BCUT2D eigenvalue weighted by atomic mass is 9.90. The van der Waals surface area contributed by atoms with Crippen molar-refractivity contribution in [3.05, 3.63) is 81.9 Å². The molecule has 0 bridgehead atoms. The molecule has 0 amide bonds. The third-order valence-corrected chi connectivity index (χ3v) is 7.76. The molecule has 0 saturated heterocycles. The van der Waals surface area contributed by atoms with E-state index in [4.69, 9.17) is 14.6 Å². The summed E-state index contributed by atoms with van der Waals surface area (Å²) >= 11 is 0. The highest BCUT2D eigenvalue weighted by Crippen LogP contribution is 2.63. The first-order valence-corrected chi connectivity index (χ1v) is 12.8. The van der Waals surface area contributed by atoms with Crippen LogP contribution in [0.1, 0.15) is 59.3 Å². The summed E-state index contributed by atoms with van der Waals surface area (Å²) in [7, 11) is 0. The third-order valence-electron chi connectivity index (χ3n) is 7.76. The SMILES string of the molecule is CC(=O)OC1c2ccc(NCc3cccc(-c4c(C)cc(OCCO)cc4C)c3C)cc2CC12CC2. The molecule has 1 unspecified atom stereocenters. The second-order valence-corrected chi connectivity index (χ2v) is 10.4. The maximum atomic E-state index is 11.7. The minimum Gasteiger partial charge on any atom is -0.491 e. The highest BCUT2D eigenvalue weighted by Gasteiger charge is 2.56. The van der Waals surface area contributed by atoms with Gasteiger partial charge in [0.2, 0.25) is 0 Å². The molecule has 2 N–H and O–H groups in total. The molecule has 2 aliphatic carbocycles. The maximum absolute atomic E-state index is 11.7. The smallest absolute Gasteiger partial charge is 0.303 e. The summed E-state index contributed by atoms with van der Waals surface area (Å²) in [5.74, 6) is 0.591. The number of aliphatic hydroxyl groups is 1. The molecule has 5 heteroatoms. The fourth-order valence-electron chi connectivity index (χ4n) is 5.82. The van der Waals surface area contributed by atoms with Crippen LogP contribution in [0.3, 0.4) is 0 Å². The molecular weight excluding hydrogens is 450 g/mol. The first-order valence-electron chi connectivity index (χ1n) is 12.8. The Kier molecular flexibility index (Phi) is 6.52. The van der Waals surface area contributed by atoms with Crippen LogP contribution in [0.5, 0.6) is 5.75 Å². The molecule has 1 spiro atoms. The third kappa shape index (κ3) is 4.60. The van der Waals surface area contributed by atoms with E-state index in [-0.39, 0.29) is 24.1 Å². The van der Waals surface area contributed by atoms with Crippen molar-refractivity contribution in [2.24, 2.45) is 5.41 Å². The predicted molar refractivity (Wildman–Crippen MR) is 142 cm³/mol. The van der Waals surface area contributed by atoms with Crippen molar-refractivity contribution in [1.29, 1.82) is 0 Å². The van der Waals surface area contributed by atoms with Gasteiger partial charge in [0.15, 0.2) is 0 Å². The van der Waals surface area contributed by atoms with Crippen LogP contribution in [0.4, 0.5) is 5.69 Å². The minimum atomic E-state index is -0.200. The molecule has 2 aliphatic rings. The number of carbonyl (C=O) groups is 1. The number of benzene rings is 3. The Hall–Kier alpha value is -3.31. The lowest BCUT2D eigenvalue weighted by Crippen LogP contribution is -2.15. The predicted octanol–water partition coefficient (Wildman–Crippen LogP) is 6.20. The number of ether oxygens (including phenoxy) is 2. The van der Waals surface area contributed by atoms with Gasteiger partial charge >= 0.3 is 5.97 Å². The molecule has 0 radical (unpaired) electrons. The summed E-state index contributed by atoms with van der Waals surface area (Å²) in [6.07, 6.45) is 3.15. The molecule has 0 aromatic heterocycles. The Labute approximate surface area is 213 Å². The van der Waals surface area contributed by atoms with Crippen LogP contribution < -0.4 is 10.1 Å². The average Bonchev–Trinajstić information content (AvgIpc) is 3.55. The molecule has 1 fully saturated rings. The van der Waals surface area contributed by atoms with Gasteiger partial charge in [0.1, 0.15) is 18.5 Å². The molecule has 3 aromatic carbocycles. The highest BCUT2D eigenvalue weighted by atomic mass is 16.5. The largest absolute Gasteiger partial charge is 0.491 e. The number of nitrogens with one attached hydrogen (secondary N) is 1. The molecular formula is C31H35NO4. The first kappa shape index (κ1) is 24.4. The summed E-state index contributed by atoms with van der Waals surface area (Å²) < 4.78 is 11.4. The van der Waals surface area contributed by atoms with E-state index < -0.39 is 0 Å². The molecule has 0 aliphatic heterocycles. The summed E-state index contributed by atoms with van der Waals surface area (Å²) in [5.41, 5.74) is 11.0. The zero-order valence-electron chi connectivity index (χ0n) is 21.6. The van der Waals surface area contributed by atoms with E-state index in [1.54, 1.807) is 0 Å². The van der Waals surface area contributed by atoms with Crippen LogP contribution in [0.15, 0.2) is 48.5 Å². The van der Waals surface area contributed by atoms with Gasteiger partial charge in [0.25, 0.3) is 0 Å². The van der Waals surface area contributed by atoms with Crippen molar-refractivity contribution in [2.75, 3.05) is 18.5 Å². The summed E-state index contributed by atoms with van der Waals surface area (Å²) in [5, 5.41) is 12.7. The Morgan fingerprint density at radius 2 is 1.83 bits per heavy atom. The lowest BCUT2D eigenvalue weighted by molar-refractivity contribution is -0.149. The van der Waals surface area contributed by atoms with Gasteiger partial charge in [-0.05, 0) is 109 Å². The number of esters is 1. The number of aryl methyl sites for hydroxylation is 2. The average molecular weight is 486 g/mol. The molecule has 36 heavy (non-hydrogen) atoms. The number of fused-ring (bicyclic) bond motifs is 1. The van der Waals surface area contributed by atoms with Gasteiger partial charge in [0.05, 0.1) is 6.61 Å². The van der Waals surface area contributed by atoms with Crippen LogP contribution in [0.25, 0.3) is 11.1 Å². The number of hydrogen-bond donors (Lipinski definition) is 2. The van der Waals surface area contributed by atoms with Gasteiger partial charge in [0, 0.05) is 24.6 Å². The van der Waals surface area contributed by atoms with Crippen molar-refractivity contribution in [3.63, 3.8) is 0 Å². The number of hydrogen-bond acceptors (Lipinski definition) is 5. The van der Waals surface area contributed by atoms with E-state index in [0.29, 0.717) is 6.61 Å². The van der Waals surface area contributed by atoms with E-state index in [0.717, 1.165) is 48.4 Å². The Balaban J connectivity index is 1.35. The van der Waals surface area contributed by atoms with Gasteiger partial charge in [-0.2, -0.15) is 0 Å². The summed E-state index contributed by atoms with van der Waals surface area (Å²) in [6.45, 7) is 8.94. The van der Waals surface area contributed by atoms with Crippen molar-refractivity contribution in [2.45, 2.75) is 59.6 Å². The van der Waals surface area contributed by atoms with Gasteiger partial charge < -0.3 is 19.9 Å². The van der Waals surface area contributed by atoms with Gasteiger partial charge in [-0.1, -0.05) is 24.3 Å². The second kappa shape index (κ2) is 9.62. The monoisotopic (exact) mass is 485 g/mol. The van der Waals surface area contributed by atoms with Crippen molar-refractivity contribution in [1.82, 2.24) is 0 Å². The van der Waals surface area contributed by atoms with Crippen molar-refractivity contribution < 1.29 is 19.4 Å². The minimum absolute atomic E-state index is 0.00582. The van der Waals surface area contributed by atoms with Crippen molar-refractivity contribution in [3.8, 4) is 16.9 Å². The van der Waals surface area contributed by atoms with Crippen molar-refractivity contribution >= 4 is 11.7 Å². The van der Waals surface area contributed by atoms with Crippen LogP contribution in [-0.2, 0) is 22.5 Å². The van der Waals surface area contributed by atoms with Crippen LogP contribution in [0, 0.1) is 26.2 Å².